The Bertz CT molecular complexity index is 1370. The molecular formula is C23H29ClN6O4S. The van der Waals surface area contributed by atoms with Crippen molar-refractivity contribution in [2.45, 2.75) is 43.5 Å². The summed E-state index contributed by atoms with van der Waals surface area (Å²) in [5.74, 6) is 0.305. The molecule has 0 bridgehead atoms. The molecule has 1 aliphatic carbocycles. The topological polar surface area (TPSA) is 141 Å². The fraction of sp³-hybridized carbons (Fsp3) is 0.435. The van der Waals surface area contributed by atoms with Gasteiger partial charge in [-0.1, -0.05) is 24.4 Å². The lowest BCUT2D eigenvalue weighted by molar-refractivity contribution is 0.147. The number of fused-ring (bicyclic) bond motifs is 1. The van der Waals surface area contributed by atoms with Gasteiger partial charge in [-0.25, -0.2) is 18.1 Å². The molecule has 0 unspecified atom stereocenters. The van der Waals surface area contributed by atoms with E-state index in [1.165, 1.54) is 6.07 Å². The molecule has 4 rings (SSSR count). The number of hydrogen-bond acceptors (Lipinski definition) is 8. The second kappa shape index (κ2) is 11.0. The number of nitrogens with zero attached hydrogens (tertiary/aromatic N) is 3. The van der Waals surface area contributed by atoms with Crippen LogP contribution < -0.4 is 21.3 Å². The van der Waals surface area contributed by atoms with Gasteiger partial charge in [-0.05, 0) is 49.6 Å². The van der Waals surface area contributed by atoms with Crippen LogP contribution >= 0.6 is 11.6 Å². The number of nitrogens with one attached hydrogen (secondary N) is 2. The van der Waals surface area contributed by atoms with Gasteiger partial charge in [-0.15, -0.1) is 0 Å². The molecule has 1 aromatic carbocycles. The van der Waals surface area contributed by atoms with Crippen LogP contribution in [0.5, 0.6) is 0 Å². The average molecular weight is 521 g/mol. The summed E-state index contributed by atoms with van der Waals surface area (Å²) in [5, 5.41) is 3.98. The van der Waals surface area contributed by atoms with Gasteiger partial charge in [0.05, 0.1) is 18.1 Å². The zero-order valence-corrected chi connectivity index (χ0v) is 21.0. The highest BCUT2D eigenvalue weighted by Gasteiger charge is 2.22. The van der Waals surface area contributed by atoms with E-state index in [1.807, 2.05) is 0 Å². The second-order valence-corrected chi connectivity index (χ2v) is 10.7. The summed E-state index contributed by atoms with van der Waals surface area (Å²) in [6.07, 6.45) is 5.57. The van der Waals surface area contributed by atoms with E-state index >= 15 is 0 Å². The van der Waals surface area contributed by atoms with Crippen LogP contribution in [0.2, 0.25) is 5.02 Å². The molecular weight excluding hydrogens is 492 g/mol. The Morgan fingerprint density at radius 2 is 2.00 bits per heavy atom. The highest BCUT2D eigenvalue weighted by atomic mass is 35.5. The molecule has 4 N–H and O–H groups in total. The highest BCUT2D eigenvalue weighted by Crippen LogP contribution is 2.31. The van der Waals surface area contributed by atoms with Crippen LogP contribution in [0.15, 0.2) is 40.2 Å². The number of ether oxygens (including phenoxy) is 1. The maximum absolute atomic E-state index is 12.8. The lowest BCUT2D eigenvalue weighted by atomic mass is 10.2. The molecule has 12 heteroatoms. The van der Waals surface area contributed by atoms with Crippen molar-refractivity contribution in [3.05, 3.63) is 51.4 Å². The van der Waals surface area contributed by atoms with E-state index in [-0.39, 0.29) is 34.7 Å². The third kappa shape index (κ3) is 5.81. The summed E-state index contributed by atoms with van der Waals surface area (Å²) in [4.78, 5) is 22.0. The first kappa shape index (κ1) is 25.5. The van der Waals surface area contributed by atoms with Gasteiger partial charge in [-0.3, -0.25) is 9.36 Å². The third-order valence-corrected chi connectivity index (χ3v) is 7.70. The number of benzene rings is 1. The normalized spacial score (nSPS) is 14.6. The van der Waals surface area contributed by atoms with Crippen molar-refractivity contribution < 1.29 is 13.2 Å². The molecule has 0 amide bonds. The Hall–Kier alpha value is -2.57. The molecule has 0 saturated heterocycles. The first-order chi connectivity index (χ1) is 16.8. The molecule has 0 spiro atoms. The van der Waals surface area contributed by atoms with Crippen LogP contribution in [-0.4, -0.2) is 49.3 Å². The first-order valence-corrected chi connectivity index (χ1v) is 13.4. The molecule has 35 heavy (non-hydrogen) atoms. The Balaban J connectivity index is 1.57. The lowest BCUT2D eigenvalue weighted by Gasteiger charge is -2.17. The van der Waals surface area contributed by atoms with Crippen molar-refractivity contribution in [3.8, 4) is 0 Å². The average Bonchev–Trinajstić information content (AvgIpc) is 3.35. The van der Waals surface area contributed by atoms with Gasteiger partial charge in [0.25, 0.3) is 5.56 Å². The summed E-state index contributed by atoms with van der Waals surface area (Å²) in [6, 6.07) is 6.39. The molecule has 0 radical (unpaired) electrons. The summed E-state index contributed by atoms with van der Waals surface area (Å²) in [6.45, 7) is 2.95. The van der Waals surface area contributed by atoms with Crippen LogP contribution in [0.4, 0.5) is 11.6 Å². The summed E-state index contributed by atoms with van der Waals surface area (Å²) in [7, 11) is -3.68. The molecule has 3 aromatic rings. The Labute approximate surface area is 208 Å². The molecule has 2 heterocycles. The minimum absolute atomic E-state index is 0.0610. The minimum atomic E-state index is -3.68. The molecule has 10 nitrogen and oxygen atoms in total. The molecule has 2 aromatic heterocycles. The van der Waals surface area contributed by atoms with Crippen LogP contribution in [-0.2, 0) is 14.8 Å². The minimum Gasteiger partial charge on any atom is -0.379 e. The van der Waals surface area contributed by atoms with Gasteiger partial charge in [0, 0.05) is 36.4 Å². The largest absolute Gasteiger partial charge is 0.379 e. The van der Waals surface area contributed by atoms with Crippen LogP contribution in [0.3, 0.4) is 0 Å². The Morgan fingerprint density at radius 3 is 2.71 bits per heavy atom. The van der Waals surface area contributed by atoms with Crippen LogP contribution in [0.1, 0.15) is 37.3 Å². The highest BCUT2D eigenvalue weighted by molar-refractivity contribution is 7.89. The van der Waals surface area contributed by atoms with E-state index in [4.69, 9.17) is 22.1 Å². The SMILES string of the molecule is Cc1cc(S(=O)(=O)NCCOCCN)ccc1Nc1ncc2cc(Cl)c(=O)n(C3CCCC3)c2n1. The number of aromatic nitrogens is 3. The van der Waals surface area contributed by atoms with Gasteiger partial charge in [0.1, 0.15) is 10.7 Å². The van der Waals surface area contributed by atoms with E-state index in [2.05, 4.69) is 20.0 Å². The molecule has 0 aliphatic heterocycles. The van der Waals surface area contributed by atoms with Gasteiger partial charge in [0.2, 0.25) is 16.0 Å². The van der Waals surface area contributed by atoms with Crippen LogP contribution in [0.25, 0.3) is 11.0 Å². The molecule has 0 atom stereocenters. The zero-order chi connectivity index (χ0) is 25.0. The standard InChI is InChI=1S/C23H29ClN6O4S/c1-15-12-18(35(32,33)27-9-11-34-10-8-25)6-7-20(15)28-23-26-14-16-13-19(24)22(31)30(21(16)29-23)17-4-2-3-5-17/h6-7,12-14,17,27H,2-5,8-11,25H2,1H3,(H,26,28,29). The monoisotopic (exact) mass is 520 g/mol. The summed E-state index contributed by atoms with van der Waals surface area (Å²) >= 11 is 6.20. The smallest absolute Gasteiger partial charge is 0.271 e. The van der Waals surface area contributed by atoms with E-state index < -0.39 is 10.0 Å². The third-order valence-electron chi connectivity index (χ3n) is 5.97. The van der Waals surface area contributed by atoms with E-state index in [0.717, 1.165) is 25.7 Å². The number of halogens is 1. The van der Waals surface area contributed by atoms with Crippen molar-refractivity contribution in [1.82, 2.24) is 19.3 Å². The molecule has 188 valence electrons. The quantitative estimate of drug-likeness (QED) is 0.346. The maximum Gasteiger partial charge on any atom is 0.271 e. The van der Waals surface area contributed by atoms with Gasteiger partial charge >= 0.3 is 0 Å². The molecule has 1 saturated carbocycles. The number of aryl methyl sites for hydroxylation is 1. The van der Waals surface area contributed by atoms with E-state index in [1.54, 1.807) is 35.9 Å². The second-order valence-electron chi connectivity index (χ2n) is 8.48. The predicted molar refractivity (Wildman–Crippen MR) is 136 cm³/mol. The molecule has 1 fully saturated rings. The zero-order valence-electron chi connectivity index (χ0n) is 19.5. The number of pyridine rings is 1. The van der Waals surface area contributed by atoms with Crippen molar-refractivity contribution in [2.24, 2.45) is 5.73 Å². The summed E-state index contributed by atoms with van der Waals surface area (Å²) < 4.78 is 34.6. The van der Waals surface area contributed by atoms with Crippen molar-refractivity contribution in [3.63, 3.8) is 0 Å². The Kier molecular flexibility index (Phi) is 8.02. The van der Waals surface area contributed by atoms with Crippen LogP contribution in [0, 0.1) is 6.92 Å². The number of nitrogens with two attached hydrogens (primary N) is 1. The predicted octanol–water partition coefficient (Wildman–Crippen LogP) is 2.87. The van der Waals surface area contributed by atoms with Gasteiger partial charge in [0.15, 0.2) is 0 Å². The number of sulfonamides is 1. The van der Waals surface area contributed by atoms with Crippen molar-refractivity contribution in [2.75, 3.05) is 31.6 Å². The number of anilines is 2. The fourth-order valence-electron chi connectivity index (χ4n) is 4.23. The number of rotatable bonds is 10. The fourth-order valence-corrected chi connectivity index (χ4v) is 5.54. The lowest BCUT2D eigenvalue weighted by Crippen LogP contribution is -2.28. The van der Waals surface area contributed by atoms with Crippen molar-refractivity contribution in [1.29, 1.82) is 0 Å². The van der Waals surface area contributed by atoms with Gasteiger partial charge in [-0.2, -0.15) is 4.98 Å². The Morgan fingerprint density at radius 1 is 1.23 bits per heavy atom. The van der Waals surface area contributed by atoms with E-state index in [9.17, 15) is 13.2 Å². The maximum atomic E-state index is 12.8. The molecule has 1 aliphatic rings. The summed E-state index contributed by atoms with van der Waals surface area (Å²) in [5.41, 5.74) is 6.98. The van der Waals surface area contributed by atoms with Crippen molar-refractivity contribution >= 4 is 44.3 Å². The van der Waals surface area contributed by atoms with E-state index in [0.29, 0.717) is 41.4 Å². The number of hydrogen-bond donors (Lipinski definition) is 3. The first-order valence-electron chi connectivity index (χ1n) is 11.5. The van der Waals surface area contributed by atoms with Gasteiger partial charge < -0.3 is 15.8 Å².